The summed E-state index contributed by atoms with van der Waals surface area (Å²) in [6.07, 6.45) is 2.10. The summed E-state index contributed by atoms with van der Waals surface area (Å²) in [5.41, 5.74) is 11.0. The van der Waals surface area contributed by atoms with Crippen LogP contribution in [0.2, 0.25) is 0 Å². The summed E-state index contributed by atoms with van der Waals surface area (Å²) in [5.74, 6) is 0. The van der Waals surface area contributed by atoms with Crippen molar-refractivity contribution in [3.63, 3.8) is 0 Å². The molecule has 0 N–H and O–H groups in total. The Kier molecular flexibility index (Phi) is 9.37. The normalized spacial score (nSPS) is 10.7. The van der Waals surface area contributed by atoms with Gasteiger partial charge in [0.2, 0.25) is 0 Å². The summed E-state index contributed by atoms with van der Waals surface area (Å²) in [6.45, 7) is 2.00. The van der Waals surface area contributed by atoms with Crippen LogP contribution in [-0.2, 0) is 32.8 Å². The van der Waals surface area contributed by atoms with Crippen LogP contribution in [0.5, 0.6) is 0 Å². The average Bonchev–Trinajstić information content (AvgIpc) is 3.33. The molecule has 0 aliphatic heterocycles. The van der Waals surface area contributed by atoms with Gasteiger partial charge in [-0.05, 0) is 12.8 Å². The van der Waals surface area contributed by atoms with Gasteiger partial charge >= 0.3 is 31.2 Å². The molecule has 0 saturated carbocycles. The van der Waals surface area contributed by atoms with Crippen LogP contribution in [0.3, 0.4) is 0 Å². The molecule has 2 aliphatic carbocycles. The van der Waals surface area contributed by atoms with Gasteiger partial charge in [0.25, 0.3) is 0 Å². The molecule has 6 rings (SSSR count). The van der Waals surface area contributed by atoms with Crippen molar-refractivity contribution < 1.29 is 20.0 Å². The zero-order valence-corrected chi connectivity index (χ0v) is 20.1. The van der Waals surface area contributed by atoms with Crippen LogP contribution >= 0.6 is 0 Å². The zero-order valence-electron chi connectivity index (χ0n) is 18.6. The van der Waals surface area contributed by atoms with Gasteiger partial charge in [0.1, 0.15) is 0 Å². The van der Waals surface area contributed by atoms with E-state index in [2.05, 4.69) is 84.9 Å². The molecule has 156 valence electrons. The van der Waals surface area contributed by atoms with Crippen LogP contribution in [0.25, 0.3) is 22.3 Å². The quantitative estimate of drug-likeness (QED) is 0.172. The molecule has 0 aromatic heterocycles. The van der Waals surface area contributed by atoms with Gasteiger partial charge in [-0.15, -0.1) is 11.1 Å². The molecule has 0 heterocycles. The second-order valence-electron chi connectivity index (χ2n) is 7.08. The zero-order chi connectivity index (χ0) is 20.1. The first kappa shape index (κ1) is 24.7. The maximum Gasteiger partial charge on any atom is -0.0253 e. The molecule has 0 amide bonds. The Labute approximate surface area is 199 Å². The maximum atomic E-state index is 3.30. The van der Waals surface area contributed by atoms with E-state index in [-0.39, 0.29) is 14.9 Å². The van der Waals surface area contributed by atoms with Crippen molar-refractivity contribution in [1.82, 2.24) is 0 Å². The summed E-state index contributed by atoms with van der Waals surface area (Å²) in [6, 6.07) is 36.2. The van der Waals surface area contributed by atoms with Crippen molar-refractivity contribution in [3.8, 4) is 22.3 Å². The smallest absolute Gasteiger partial charge is 0.0253 e. The molecule has 0 saturated heterocycles. The molecule has 0 fully saturated rings. The van der Waals surface area contributed by atoms with E-state index < -0.39 is 0 Å². The van der Waals surface area contributed by atoms with Gasteiger partial charge in [-0.1, -0.05) is 70.8 Å². The monoisotopic (exact) mass is 436 g/mol. The molecule has 0 spiro atoms. The van der Waals surface area contributed by atoms with Crippen LogP contribution in [0, 0.1) is 27.0 Å². The van der Waals surface area contributed by atoms with Crippen LogP contribution < -0.4 is 0 Å². The van der Waals surface area contributed by atoms with E-state index >= 15 is 0 Å². The standard InChI is InChI=1S/2C13H9.C2H4.2CH3.Ti/c2*1-3-7-12-10(5-1)9-11-6-2-4-8-13(11)12;1-2;;;/h2*1-5,7-8H,9H2;1H,2H3;2*1H3;/q2*-1;;2*-1;. The second-order valence-corrected chi connectivity index (χ2v) is 7.98. The third-order valence-electron chi connectivity index (χ3n) is 5.23. The number of benzene rings is 4. The summed E-state index contributed by atoms with van der Waals surface area (Å²) < 4.78 is 2.00. The Morgan fingerprint density at radius 2 is 0.968 bits per heavy atom. The summed E-state index contributed by atoms with van der Waals surface area (Å²) in [4.78, 5) is 0. The number of rotatable bonds is 0. The Hall–Kier alpha value is -2.54. The van der Waals surface area contributed by atoms with Crippen LogP contribution in [0.1, 0.15) is 29.2 Å². The van der Waals surface area contributed by atoms with Gasteiger partial charge in [-0.25, -0.2) is 0 Å². The van der Waals surface area contributed by atoms with Crippen LogP contribution in [-0.4, -0.2) is 4.31 Å². The number of hydrogen-bond donors (Lipinski definition) is 0. The molecular weight excluding hydrogens is 408 g/mol. The van der Waals surface area contributed by atoms with E-state index in [1.807, 2.05) is 43.3 Å². The third kappa shape index (κ3) is 5.39. The van der Waals surface area contributed by atoms with Crippen molar-refractivity contribution in [2.75, 3.05) is 0 Å². The Morgan fingerprint density at radius 1 is 0.613 bits per heavy atom. The molecule has 4 aromatic carbocycles. The summed E-state index contributed by atoms with van der Waals surface area (Å²) >= 11 is 2.00. The van der Waals surface area contributed by atoms with Crippen LogP contribution in [0.4, 0.5) is 0 Å². The second kappa shape index (κ2) is 11.7. The molecule has 0 unspecified atom stereocenters. The first-order valence-corrected chi connectivity index (χ1v) is 10.8. The van der Waals surface area contributed by atoms with Crippen molar-refractivity contribution in [1.29, 1.82) is 0 Å². The van der Waals surface area contributed by atoms with Crippen molar-refractivity contribution >= 4 is 4.31 Å². The molecule has 0 nitrogen and oxygen atoms in total. The minimum atomic E-state index is 0. The summed E-state index contributed by atoms with van der Waals surface area (Å²) in [7, 11) is 0. The first-order valence-electron chi connectivity index (χ1n) is 9.92. The van der Waals surface area contributed by atoms with Crippen molar-refractivity contribution in [3.05, 3.63) is 134 Å². The van der Waals surface area contributed by atoms with Gasteiger partial charge in [0.05, 0.1) is 0 Å². The molecule has 0 radical (unpaired) electrons. The van der Waals surface area contributed by atoms with E-state index in [4.69, 9.17) is 0 Å². The molecular formula is C30H28Ti-4. The third-order valence-corrected chi connectivity index (χ3v) is 5.23. The minimum absolute atomic E-state index is 0. The molecule has 1 heteroatoms. The number of hydrogen-bond acceptors (Lipinski definition) is 0. The largest absolute Gasteiger partial charge is 0.358 e. The topological polar surface area (TPSA) is 0 Å². The van der Waals surface area contributed by atoms with E-state index in [9.17, 15) is 0 Å². The van der Waals surface area contributed by atoms with Gasteiger partial charge in [0, 0.05) is 0 Å². The average molecular weight is 436 g/mol. The Morgan fingerprint density at radius 3 is 1.39 bits per heavy atom. The molecule has 0 bridgehead atoms. The predicted molar refractivity (Wildman–Crippen MR) is 132 cm³/mol. The van der Waals surface area contributed by atoms with Gasteiger partial charge in [0.15, 0.2) is 0 Å². The molecule has 31 heavy (non-hydrogen) atoms. The minimum Gasteiger partial charge on any atom is -0.358 e. The molecule has 2 aliphatic rings. The molecule has 4 aromatic rings. The first-order chi connectivity index (χ1) is 14.3. The van der Waals surface area contributed by atoms with Gasteiger partial charge < -0.3 is 14.9 Å². The summed E-state index contributed by atoms with van der Waals surface area (Å²) in [5, 5.41) is 0. The Bertz CT molecular complexity index is 964. The predicted octanol–water partition coefficient (Wildman–Crippen LogP) is 7.37. The van der Waals surface area contributed by atoms with E-state index in [0.717, 1.165) is 12.8 Å². The Balaban J connectivity index is 0.000000185. The van der Waals surface area contributed by atoms with Gasteiger partial charge in [-0.3, -0.25) is 0 Å². The fraction of sp³-hybridized carbons (Fsp3) is 0.100. The molecule has 0 atom stereocenters. The van der Waals surface area contributed by atoms with Crippen LogP contribution in [0.15, 0.2) is 84.9 Å². The number of fused-ring (bicyclic) bond motifs is 6. The SMILES string of the molecule is C[CH]=[Ti].[CH3-].[CH3-].[c-]1cccc2c1Cc1ccccc1-2.[c-]1cccc2c1Cc1ccccc1-2. The maximum absolute atomic E-state index is 3.30. The fourth-order valence-corrected chi connectivity index (χ4v) is 4.00. The van der Waals surface area contributed by atoms with Crippen molar-refractivity contribution in [2.45, 2.75) is 19.8 Å². The van der Waals surface area contributed by atoms with E-state index in [0.29, 0.717) is 0 Å². The van der Waals surface area contributed by atoms with E-state index in [1.165, 1.54) is 44.5 Å². The van der Waals surface area contributed by atoms with E-state index in [1.54, 1.807) is 0 Å². The fourth-order valence-electron chi connectivity index (χ4n) is 4.00. The van der Waals surface area contributed by atoms with Crippen molar-refractivity contribution in [2.24, 2.45) is 0 Å². The van der Waals surface area contributed by atoms with Gasteiger partial charge in [-0.2, -0.15) is 59.7 Å².